The number of carbonyl (C=O) groups excluding carboxylic acids is 3. The van der Waals surface area contributed by atoms with Crippen LogP contribution in [-0.2, 0) is 14.3 Å². The quantitative estimate of drug-likeness (QED) is 0.598. The van der Waals surface area contributed by atoms with Gasteiger partial charge in [-0.05, 0) is 32.1 Å². The van der Waals surface area contributed by atoms with Crippen LogP contribution in [-0.4, -0.2) is 101 Å². The van der Waals surface area contributed by atoms with E-state index in [1.807, 2.05) is 0 Å². The van der Waals surface area contributed by atoms with Crippen molar-refractivity contribution in [3.8, 4) is 0 Å². The van der Waals surface area contributed by atoms with Gasteiger partial charge in [0, 0.05) is 39.1 Å². The van der Waals surface area contributed by atoms with Crippen LogP contribution in [0.15, 0.2) is 0 Å². The van der Waals surface area contributed by atoms with Crippen molar-refractivity contribution in [2.75, 3.05) is 39.9 Å². The summed E-state index contributed by atoms with van der Waals surface area (Å²) in [6.45, 7) is 3.27. The minimum atomic E-state index is -0.694. The van der Waals surface area contributed by atoms with Gasteiger partial charge in [0.1, 0.15) is 5.54 Å². The van der Waals surface area contributed by atoms with Crippen molar-refractivity contribution in [1.29, 1.82) is 0 Å². The predicted octanol–water partition coefficient (Wildman–Crippen LogP) is 0.314. The van der Waals surface area contributed by atoms with Crippen LogP contribution in [0.2, 0.25) is 0 Å². The lowest BCUT2D eigenvalue weighted by Crippen LogP contribution is -2.51. The van der Waals surface area contributed by atoms with Crippen LogP contribution in [0, 0.1) is 0 Å². The fourth-order valence-corrected chi connectivity index (χ4v) is 5.62. The first kappa shape index (κ1) is 21.5. The van der Waals surface area contributed by atoms with Crippen molar-refractivity contribution in [1.82, 2.24) is 20.0 Å². The third-order valence-electron chi connectivity index (χ3n) is 7.43. The molecule has 4 rings (SSSR count). The fraction of sp³-hybridized carbons (Fsp3) is 0.857. The average molecular weight is 423 g/mol. The highest BCUT2D eigenvalue weighted by atomic mass is 16.5. The highest BCUT2D eigenvalue weighted by Crippen LogP contribution is 2.35. The van der Waals surface area contributed by atoms with Gasteiger partial charge in [0.05, 0.1) is 25.4 Å². The Morgan fingerprint density at radius 2 is 1.93 bits per heavy atom. The molecule has 4 fully saturated rings. The van der Waals surface area contributed by atoms with Crippen LogP contribution in [0.4, 0.5) is 4.79 Å². The molecule has 4 aliphatic rings. The Bertz CT molecular complexity index is 674. The first-order chi connectivity index (χ1) is 14.4. The van der Waals surface area contributed by atoms with Crippen LogP contribution in [0.5, 0.6) is 0 Å². The number of aliphatic hydroxyl groups excluding tert-OH is 1. The summed E-state index contributed by atoms with van der Waals surface area (Å²) >= 11 is 0. The molecule has 0 aromatic carbocycles. The first-order valence-electron chi connectivity index (χ1n) is 11.3. The molecule has 0 bridgehead atoms. The SMILES string of the molecule is CN(C(=O)CCCN1C(=O)NC2(CCCC2)C1=O)[C@@H]1CC[C@@H](N2CCOCC2)[C@@H]1O. The number of nitrogens with zero attached hydrogens (tertiary/aromatic N) is 3. The van der Waals surface area contributed by atoms with Gasteiger partial charge in [-0.1, -0.05) is 12.8 Å². The Labute approximate surface area is 177 Å². The minimum Gasteiger partial charge on any atom is -0.389 e. The van der Waals surface area contributed by atoms with Crippen molar-refractivity contribution in [2.45, 2.75) is 75.1 Å². The van der Waals surface area contributed by atoms with Gasteiger partial charge in [0.15, 0.2) is 0 Å². The first-order valence-corrected chi connectivity index (χ1v) is 11.3. The van der Waals surface area contributed by atoms with Gasteiger partial charge in [0.2, 0.25) is 5.91 Å². The highest BCUT2D eigenvalue weighted by Gasteiger charge is 2.52. The van der Waals surface area contributed by atoms with Crippen LogP contribution in [0.25, 0.3) is 0 Å². The summed E-state index contributed by atoms with van der Waals surface area (Å²) in [7, 11) is 1.75. The molecular weight excluding hydrogens is 388 g/mol. The van der Waals surface area contributed by atoms with E-state index in [2.05, 4.69) is 10.2 Å². The third kappa shape index (κ3) is 3.94. The summed E-state index contributed by atoms with van der Waals surface area (Å²) < 4.78 is 5.40. The van der Waals surface area contributed by atoms with E-state index in [0.717, 1.165) is 38.8 Å². The number of likely N-dealkylation sites (N-methyl/N-ethyl adjacent to an activating group) is 1. The Kier molecular flexibility index (Phi) is 6.31. The van der Waals surface area contributed by atoms with E-state index in [9.17, 15) is 19.5 Å². The van der Waals surface area contributed by atoms with E-state index in [4.69, 9.17) is 4.74 Å². The summed E-state index contributed by atoms with van der Waals surface area (Å²) in [6.07, 6.45) is 5.11. The summed E-state index contributed by atoms with van der Waals surface area (Å²) in [5, 5.41) is 13.7. The molecule has 3 atom stereocenters. The molecule has 168 valence electrons. The number of carbonyl (C=O) groups is 3. The smallest absolute Gasteiger partial charge is 0.325 e. The van der Waals surface area contributed by atoms with Crippen LogP contribution in [0.3, 0.4) is 0 Å². The normalized spacial score (nSPS) is 31.5. The number of amides is 4. The molecule has 2 saturated carbocycles. The maximum atomic E-state index is 12.7. The summed E-state index contributed by atoms with van der Waals surface area (Å²) in [4.78, 5) is 42.9. The van der Waals surface area contributed by atoms with Gasteiger partial charge < -0.3 is 20.1 Å². The van der Waals surface area contributed by atoms with E-state index in [0.29, 0.717) is 32.5 Å². The molecule has 0 aromatic rings. The Balaban J connectivity index is 1.25. The second-order valence-electron chi connectivity index (χ2n) is 9.14. The van der Waals surface area contributed by atoms with Gasteiger partial charge in [-0.25, -0.2) is 4.79 Å². The number of ether oxygens (including phenoxy) is 1. The van der Waals surface area contributed by atoms with E-state index in [1.165, 1.54) is 4.90 Å². The van der Waals surface area contributed by atoms with E-state index in [1.54, 1.807) is 11.9 Å². The second kappa shape index (κ2) is 8.80. The van der Waals surface area contributed by atoms with Crippen molar-refractivity contribution >= 4 is 17.8 Å². The molecule has 4 amide bonds. The summed E-state index contributed by atoms with van der Waals surface area (Å²) in [6, 6.07) is -0.450. The standard InChI is InChI=1S/C21H34N4O5/c1-23(15-6-7-16(18(15)27)24-11-13-30-14-12-24)17(26)5-4-10-25-19(28)21(22-20(25)29)8-2-3-9-21/h15-16,18,27H,2-14H2,1H3,(H,22,29)/t15-,16-,18-/m1/s1. The molecule has 9 heteroatoms. The topological polar surface area (TPSA) is 102 Å². The van der Waals surface area contributed by atoms with Crippen molar-refractivity contribution in [2.24, 2.45) is 0 Å². The lowest BCUT2D eigenvalue weighted by Gasteiger charge is -2.36. The molecule has 0 unspecified atom stereocenters. The van der Waals surface area contributed by atoms with E-state index < -0.39 is 11.6 Å². The average Bonchev–Trinajstić information content (AvgIpc) is 3.43. The molecule has 30 heavy (non-hydrogen) atoms. The predicted molar refractivity (Wildman–Crippen MR) is 109 cm³/mol. The Hall–Kier alpha value is -1.71. The lowest BCUT2D eigenvalue weighted by atomic mass is 9.98. The molecular formula is C21H34N4O5. The van der Waals surface area contributed by atoms with Gasteiger partial charge in [-0.2, -0.15) is 0 Å². The minimum absolute atomic E-state index is 0.0516. The van der Waals surface area contributed by atoms with Crippen LogP contribution >= 0.6 is 0 Å². The number of morpholine rings is 1. The van der Waals surface area contributed by atoms with Gasteiger partial charge in [0.25, 0.3) is 5.91 Å². The molecule has 2 N–H and O–H groups in total. The van der Waals surface area contributed by atoms with Gasteiger partial charge >= 0.3 is 6.03 Å². The van der Waals surface area contributed by atoms with Crippen LogP contribution < -0.4 is 5.32 Å². The molecule has 9 nitrogen and oxygen atoms in total. The number of hydrogen-bond acceptors (Lipinski definition) is 6. The molecule has 0 radical (unpaired) electrons. The number of hydrogen-bond donors (Lipinski definition) is 2. The van der Waals surface area contributed by atoms with Crippen molar-refractivity contribution < 1.29 is 24.2 Å². The Morgan fingerprint density at radius 1 is 1.23 bits per heavy atom. The number of urea groups is 1. The molecule has 2 saturated heterocycles. The maximum absolute atomic E-state index is 12.7. The molecule has 2 aliphatic heterocycles. The van der Waals surface area contributed by atoms with Crippen molar-refractivity contribution in [3.63, 3.8) is 0 Å². The Morgan fingerprint density at radius 3 is 2.63 bits per heavy atom. The molecule has 1 spiro atoms. The number of nitrogens with one attached hydrogen (secondary N) is 1. The maximum Gasteiger partial charge on any atom is 0.325 e. The zero-order valence-electron chi connectivity index (χ0n) is 17.8. The summed E-state index contributed by atoms with van der Waals surface area (Å²) in [5.74, 6) is -0.185. The fourth-order valence-electron chi connectivity index (χ4n) is 5.62. The summed E-state index contributed by atoms with van der Waals surface area (Å²) in [5.41, 5.74) is -0.694. The highest BCUT2D eigenvalue weighted by molar-refractivity contribution is 6.07. The number of rotatable bonds is 6. The number of aliphatic hydroxyl groups is 1. The van der Waals surface area contributed by atoms with E-state index in [-0.39, 0.29) is 42.9 Å². The number of imide groups is 1. The molecule has 2 aliphatic carbocycles. The zero-order chi connectivity index (χ0) is 21.3. The van der Waals surface area contributed by atoms with Gasteiger partial charge in [-0.3, -0.25) is 19.4 Å². The molecule has 2 heterocycles. The second-order valence-corrected chi connectivity index (χ2v) is 9.14. The monoisotopic (exact) mass is 422 g/mol. The van der Waals surface area contributed by atoms with Crippen molar-refractivity contribution in [3.05, 3.63) is 0 Å². The van der Waals surface area contributed by atoms with Gasteiger partial charge in [-0.15, -0.1) is 0 Å². The zero-order valence-corrected chi connectivity index (χ0v) is 17.8. The van der Waals surface area contributed by atoms with Crippen LogP contribution in [0.1, 0.15) is 51.4 Å². The molecule has 0 aromatic heterocycles. The third-order valence-corrected chi connectivity index (χ3v) is 7.43. The lowest BCUT2D eigenvalue weighted by molar-refractivity contribution is -0.135. The largest absolute Gasteiger partial charge is 0.389 e. The van der Waals surface area contributed by atoms with E-state index >= 15 is 0 Å².